The predicted octanol–water partition coefficient (Wildman–Crippen LogP) is 3.14. The van der Waals surface area contributed by atoms with Gasteiger partial charge in [0.2, 0.25) is 0 Å². The molecule has 5 nitrogen and oxygen atoms in total. The summed E-state index contributed by atoms with van der Waals surface area (Å²) in [5, 5.41) is 13.0. The number of piperidine rings is 1. The van der Waals surface area contributed by atoms with Gasteiger partial charge in [-0.1, -0.05) is 13.0 Å². The number of aliphatic hydroxyl groups is 1. The van der Waals surface area contributed by atoms with Gasteiger partial charge in [0.25, 0.3) is 0 Å². The molecule has 25 heavy (non-hydrogen) atoms. The molecule has 2 aromatic rings. The molecule has 2 N–H and O–H groups in total. The van der Waals surface area contributed by atoms with Crippen LogP contribution in [-0.4, -0.2) is 34.7 Å². The Balaban J connectivity index is 1.66. The lowest BCUT2D eigenvalue weighted by Gasteiger charge is -2.31. The fraction of sp³-hybridized carbons (Fsp3) is 0.444. The first kappa shape index (κ1) is 17.5. The van der Waals surface area contributed by atoms with Gasteiger partial charge in [0.15, 0.2) is 0 Å². The zero-order chi connectivity index (χ0) is 17.8. The second-order valence-corrected chi connectivity index (χ2v) is 6.49. The quantitative estimate of drug-likeness (QED) is 0.869. The Labute approximate surface area is 145 Å². The van der Waals surface area contributed by atoms with Gasteiger partial charge in [0.1, 0.15) is 35.7 Å². The summed E-state index contributed by atoms with van der Waals surface area (Å²) in [5.74, 6) is 0.417. The highest BCUT2D eigenvalue weighted by Crippen LogP contribution is 2.24. The smallest absolute Gasteiger partial charge is 0.134 e. The molecule has 7 heteroatoms. The molecular weight excluding hydrogens is 326 g/mol. The molecule has 134 valence electrons. The highest BCUT2D eigenvalue weighted by molar-refractivity contribution is 5.49. The second kappa shape index (κ2) is 7.74. The number of benzene rings is 1. The van der Waals surface area contributed by atoms with Crippen molar-refractivity contribution in [1.29, 1.82) is 0 Å². The molecule has 3 rings (SSSR count). The van der Waals surface area contributed by atoms with Crippen molar-refractivity contribution < 1.29 is 13.9 Å². The first-order chi connectivity index (χ1) is 12.0. The molecule has 1 aromatic carbocycles. The monoisotopic (exact) mass is 348 g/mol. The summed E-state index contributed by atoms with van der Waals surface area (Å²) in [4.78, 5) is 10.6. The number of hydrogen-bond acceptors (Lipinski definition) is 5. The average Bonchev–Trinajstić information content (AvgIpc) is 2.60. The van der Waals surface area contributed by atoms with E-state index < -0.39 is 17.7 Å². The fourth-order valence-electron chi connectivity index (χ4n) is 3.15. The number of aliphatic hydroxyl groups excluding tert-OH is 1. The van der Waals surface area contributed by atoms with Crippen LogP contribution >= 0.6 is 0 Å². The summed E-state index contributed by atoms with van der Waals surface area (Å²) in [6, 6.07) is 5.32. The van der Waals surface area contributed by atoms with E-state index in [2.05, 4.69) is 27.1 Å². The Kier molecular flexibility index (Phi) is 5.43. The molecule has 2 unspecified atom stereocenters. The van der Waals surface area contributed by atoms with Crippen LogP contribution in [0, 0.1) is 17.6 Å². The third-order valence-corrected chi connectivity index (χ3v) is 4.44. The van der Waals surface area contributed by atoms with Crippen molar-refractivity contribution in [3.8, 4) is 0 Å². The van der Waals surface area contributed by atoms with Crippen LogP contribution in [0.25, 0.3) is 0 Å². The molecule has 1 aromatic heterocycles. The van der Waals surface area contributed by atoms with Crippen molar-refractivity contribution in [2.45, 2.75) is 25.9 Å². The lowest BCUT2D eigenvalue weighted by molar-refractivity contribution is 0.181. The summed E-state index contributed by atoms with van der Waals surface area (Å²) in [6.07, 6.45) is 2.48. The molecule has 0 radical (unpaired) electrons. The van der Waals surface area contributed by atoms with Crippen molar-refractivity contribution in [2.75, 3.05) is 29.9 Å². The maximum atomic E-state index is 13.7. The average molecular weight is 348 g/mol. The lowest BCUT2D eigenvalue weighted by atomic mass is 10.0. The first-order valence-electron chi connectivity index (χ1n) is 8.47. The van der Waals surface area contributed by atoms with Crippen molar-refractivity contribution in [1.82, 2.24) is 9.97 Å². The third kappa shape index (κ3) is 4.22. The zero-order valence-electron chi connectivity index (χ0n) is 14.1. The number of aromatic nitrogens is 2. The lowest BCUT2D eigenvalue weighted by Crippen LogP contribution is -2.34. The molecule has 0 spiro atoms. The van der Waals surface area contributed by atoms with Crippen LogP contribution < -0.4 is 10.2 Å². The van der Waals surface area contributed by atoms with E-state index in [4.69, 9.17) is 0 Å². The number of hydrogen-bond donors (Lipinski definition) is 2. The molecule has 1 saturated heterocycles. The number of nitrogens with zero attached hydrogens (tertiary/aromatic N) is 3. The summed E-state index contributed by atoms with van der Waals surface area (Å²) < 4.78 is 27.4. The maximum Gasteiger partial charge on any atom is 0.134 e. The van der Waals surface area contributed by atoms with E-state index in [1.54, 1.807) is 6.07 Å². The van der Waals surface area contributed by atoms with Gasteiger partial charge in [-0.25, -0.2) is 18.7 Å². The Hall–Kier alpha value is -2.28. The summed E-state index contributed by atoms with van der Waals surface area (Å²) in [7, 11) is 0. The number of halogens is 2. The third-order valence-electron chi connectivity index (χ3n) is 4.44. The van der Waals surface area contributed by atoms with Crippen LogP contribution in [0.4, 0.5) is 20.4 Å². The van der Waals surface area contributed by atoms with Gasteiger partial charge in [0.05, 0.1) is 5.56 Å². The molecule has 1 aliphatic heterocycles. The Morgan fingerprint density at radius 1 is 1.32 bits per heavy atom. The van der Waals surface area contributed by atoms with E-state index in [0.717, 1.165) is 37.5 Å². The molecule has 0 amide bonds. The molecular formula is C18H22F2N4O. The highest BCUT2D eigenvalue weighted by atomic mass is 19.1. The van der Waals surface area contributed by atoms with Crippen molar-refractivity contribution in [3.05, 3.63) is 47.8 Å². The van der Waals surface area contributed by atoms with E-state index in [9.17, 15) is 13.9 Å². The van der Waals surface area contributed by atoms with Gasteiger partial charge in [-0.2, -0.15) is 0 Å². The summed E-state index contributed by atoms with van der Waals surface area (Å²) in [5.41, 5.74) is -0.339. The Morgan fingerprint density at radius 3 is 2.80 bits per heavy atom. The summed E-state index contributed by atoms with van der Waals surface area (Å²) >= 11 is 0. The van der Waals surface area contributed by atoms with Crippen LogP contribution in [0.15, 0.2) is 30.6 Å². The van der Waals surface area contributed by atoms with Crippen LogP contribution in [0.5, 0.6) is 0 Å². The molecule has 0 bridgehead atoms. The largest absolute Gasteiger partial charge is 0.386 e. The van der Waals surface area contributed by atoms with Crippen LogP contribution in [0.3, 0.4) is 0 Å². The van der Waals surface area contributed by atoms with Crippen molar-refractivity contribution in [2.24, 2.45) is 5.92 Å². The van der Waals surface area contributed by atoms with Crippen molar-refractivity contribution >= 4 is 11.6 Å². The van der Waals surface area contributed by atoms with Gasteiger partial charge >= 0.3 is 0 Å². The minimum absolute atomic E-state index is 0.0509. The van der Waals surface area contributed by atoms with Gasteiger partial charge < -0.3 is 15.3 Å². The Morgan fingerprint density at radius 2 is 2.08 bits per heavy atom. The minimum Gasteiger partial charge on any atom is -0.386 e. The number of anilines is 2. The van der Waals surface area contributed by atoms with Crippen LogP contribution in [0.1, 0.15) is 31.4 Å². The van der Waals surface area contributed by atoms with E-state index in [1.807, 2.05) is 0 Å². The molecule has 1 fully saturated rings. The zero-order valence-corrected chi connectivity index (χ0v) is 14.1. The van der Waals surface area contributed by atoms with Gasteiger partial charge in [-0.05, 0) is 30.9 Å². The predicted molar refractivity (Wildman–Crippen MR) is 92.5 cm³/mol. The Bertz CT molecular complexity index is 708. The first-order valence-corrected chi connectivity index (χ1v) is 8.47. The topological polar surface area (TPSA) is 61.3 Å². The standard InChI is InChI=1S/C18H22F2N4O/c1-12-4-3-7-24(10-12)17-8-16(22-11-23-17)21-9-15(25)18-13(19)5-2-6-14(18)20/h2,5-6,8,11-12,15,25H,3-4,7,9-10H2,1H3,(H,21,22,23). The van der Waals surface area contributed by atoms with Crippen molar-refractivity contribution in [3.63, 3.8) is 0 Å². The normalized spacial score (nSPS) is 18.9. The van der Waals surface area contributed by atoms with E-state index in [0.29, 0.717) is 11.7 Å². The van der Waals surface area contributed by atoms with E-state index >= 15 is 0 Å². The SMILES string of the molecule is CC1CCCN(c2cc(NCC(O)c3c(F)cccc3F)ncn2)C1. The van der Waals surface area contributed by atoms with E-state index in [1.165, 1.54) is 18.8 Å². The van der Waals surface area contributed by atoms with E-state index in [-0.39, 0.29) is 12.1 Å². The van der Waals surface area contributed by atoms with Gasteiger partial charge in [-0.15, -0.1) is 0 Å². The molecule has 2 heterocycles. The fourth-order valence-corrected chi connectivity index (χ4v) is 3.15. The maximum absolute atomic E-state index is 13.7. The molecule has 0 saturated carbocycles. The molecule has 0 aliphatic carbocycles. The summed E-state index contributed by atoms with van der Waals surface area (Å²) in [6.45, 7) is 4.06. The van der Waals surface area contributed by atoms with Gasteiger partial charge in [0, 0.05) is 25.7 Å². The number of rotatable bonds is 5. The minimum atomic E-state index is -1.31. The molecule has 2 atom stereocenters. The second-order valence-electron chi connectivity index (χ2n) is 6.49. The van der Waals surface area contributed by atoms with Crippen LogP contribution in [-0.2, 0) is 0 Å². The van der Waals surface area contributed by atoms with Crippen LogP contribution in [0.2, 0.25) is 0 Å². The van der Waals surface area contributed by atoms with Gasteiger partial charge in [-0.3, -0.25) is 0 Å². The highest BCUT2D eigenvalue weighted by Gasteiger charge is 2.19. The molecule has 1 aliphatic rings. The number of nitrogens with one attached hydrogen (secondary N) is 1.